The standard InChI is InChI=1S/C18H21N3O3/c22-18(10-13-1-2-16-15(9-13)5-8-24-16)20-17-3-6-19-21(17)11-14-4-7-23-12-14/h1-3,6,9,14H,4-5,7-8,10-12H2,(H,20,22). The molecule has 4 rings (SSSR count). The predicted octanol–water partition coefficient (Wildman–Crippen LogP) is 2.04. The molecule has 0 bridgehead atoms. The van der Waals surface area contributed by atoms with Crippen molar-refractivity contribution in [3.05, 3.63) is 41.6 Å². The number of benzene rings is 1. The Bertz CT molecular complexity index is 735. The topological polar surface area (TPSA) is 65.4 Å². The van der Waals surface area contributed by atoms with E-state index in [0.29, 0.717) is 12.3 Å². The Balaban J connectivity index is 1.38. The molecule has 6 nitrogen and oxygen atoms in total. The third-order valence-corrected chi connectivity index (χ3v) is 4.56. The Morgan fingerprint density at radius 2 is 2.29 bits per heavy atom. The average Bonchev–Trinajstić information content (AvgIpc) is 3.30. The molecule has 2 aromatic rings. The Morgan fingerprint density at radius 3 is 3.17 bits per heavy atom. The number of ether oxygens (including phenoxy) is 2. The molecule has 1 fully saturated rings. The summed E-state index contributed by atoms with van der Waals surface area (Å²) in [6.45, 7) is 3.09. The van der Waals surface area contributed by atoms with E-state index in [9.17, 15) is 4.79 Å². The average molecular weight is 327 g/mol. The summed E-state index contributed by atoms with van der Waals surface area (Å²) in [4.78, 5) is 12.4. The molecule has 0 aliphatic carbocycles. The molecule has 126 valence electrons. The van der Waals surface area contributed by atoms with Crippen molar-refractivity contribution < 1.29 is 14.3 Å². The normalized spacial score (nSPS) is 19.1. The van der Waals surface area contributed by atoms with Gasteiger partial charge in [-0.1, -0.05) is 12.1 Å². The van der Waals surface area contributed by atoms with Gasteiger partial charge in [0.2, 0.25) is 5.91 Å². The number of rotatable bonds is 5. The molecule has 0 saturated carbocycles. The molecule has 6 heteroatoms. The van der Waals surface area contributed by atoms with E-state index in [1.807, 2.05) is 22.9 Å². The number of fused-ring (bicyclic) bond motifs is 1. The molecule has 1 amide bonds. The lowest BCUT2D eigenvalue weighted by Crippen LogP contribution is -2.20. The number of nitrogens with one attached hydrogen (secondary N) is 1. The molecule has 0 spiro atoms. The van der Waals surface area contributed by atoms with Crippen LogP contribution in [0.5, 0.6) is 5.75 Å². The quantitative estimate of drug-likeness (QED) is 0.913. The molecule has 0 radical (unpaired) electrons. The van der Waals surface area contributed by atoms with E-state index < -0.39 is 0 Å². The van der Waals surface area contributed by atoms with E-state index in [2.05, 4.69) is 16.5 Å². The largest absolute Gasteiger partial charge is 0.493 e. The van der Waals surface area contributed by atoms with Crippen LogP contribution in [0, 0.1) is 5.92 Å². The molecule has 24 heavy (non-hydrogen) atoms. The van der Waals surface area contributed by atoms with Gasteiger partial charge in [0.1, 0.15) is 11.6 Å². The lowest BCUT2D eigenvalue weighted by molar-refractivity contribution is -0.115. The second-order valence-corrected chi connectivity index (χ2v) is 6.39. The monoisotopic (exact) mass is 327 g/mol. The van der Waals surface area contributed by atoms with Crippen LogP contribution < -0.4 is 10.1 Å². The van der Waals surface area contributed by atoms with Crippen LogP contribution in [0.15, 0.2) is 30.5 Å². The fourth-order valence-electron chi connectivity index (χ4n) is 3.28. The van der Waals surface area contributed by atoms with E-state index in [1.54, 1.807) is 6.20 Å². The highest BCUT2D eigenvalue weighted by molar-refractivity contribution is 5.91. The van der Waals surface area contributed by atoms with Gasteiger partial charge >= 0.3 is 0 Å². The number of hydrogen-bond donors (Lipinski definition) is 1. The van der Waals surface area contributed by atoms with Crippen molar-refractivity contribution in [2.24, 2.45) is 5.92 Å². The van der Waals surface area contributed by atoms with Crippen molar-refractivity contribution in [1.82, 2.24) is 9.78 Å². The maximum Gasteiger partial charge on any atom is 0.229 e. The molecule has 2 aliphatic heterocycles. The van der Waals surface area contributed by atoms with Crippen LogP contribution in [0.1, 0.15) is 17.5 Å². The Hall–Kier alpha value is -2.34. The van der Waals surface area contributed by atoms with Crippen LogP contribution in [0.4, 0.5) is 5.82 Å². The number of carbonyl (C=O) groups is 1. The SMILES string of the molecule is O=C(Cc1ccc2c(c1)CCO2)Nc1ccnn1CC1CCOC1. The van der Waals surface area contributed by atoms with E-state index in [0.717, 1.165) is 56.3 Å². The first-order valence-electron chi connectivity index (χ1n) is 8.42. The fourth-order valence-corrected chi connectivity index (χ4v) is 3.28. The molecule has 2 aliphatic rings. The zero-order valence-electron chi connectivity index (χ0n) is 13.5. The summed E-state index contributed by atoms with van der Waals surface area (Å²) in [5.41, 5.74) is 2.19. The molecule has 1 N–H and O–H groups in total. The summed E-state index contributed by atoms with van der Waals surface area (Å²) in [6.07, 6.45) is 4.04. The van der Waals surface area contributed by atoms with E-state index in [1.165, 1.54) is 5.56 Å². The first kappa shape index (κ1) is 15.2. The highest BCUT2D eigenvalue weighted by Gasteiger charge is 2.18. The van der Waals surface area contributed by atoms with Gasteiger partial charge in [-0.3, -0.25) is 4.79 Å². The second kappa shape index (κ2) is 6.65. The van der Waals surface area contributed by atoms with Crippen LogP contribution in [-0.2, 0) is 28.9 Å². The maximum atomic E-state index is 12.4. The lowest BCUT2D eigenvalue weighted by atomic mass is 10.1. The third kappa shape index (κ3) is 3.28. The van der Waals surface area contributed by atoms with Crippen LogP contribution in [0.2, 0.25) is 0 Å². The zero-order valence-corrected chi connectivity index (χ0v) is 13.5. The second-order valence-electron chi connectivity index (χ2n) is 6.39. The summed E-state index contributed by atoms with van der Waals surface area (Å²) in [6, 6.07) is 7.81. The van der Waals surface area contributed by atoms with Gasteiger partial charge in [0.05, 0.1) is 25.8 Å². The summed E-state index contributed by atoms with van der Waals surface area (Å²) < 4.78 is 12.8. The Labute approximate surface area is 140 Å². The molecule has 1 aromatic carbocycles. The highest BCUT2D eigenvalue weighted by atomic mass is 16.5. The third-order valence-electron chi connectivity index (χ3n) is 4.56. The van der Waals surface area contributed by atoms with Gasteiger partial charge in [0.15, 0.2) is 0 Å². The first-order valence-corrected chi connectivity index (χ1v) is 8.42. The van der Waals surface area contributed by atoms with Crippen molar-refractivity contribution in [3.8, 4) is 5.75 Å². The van der Waals surface area contributed by atoms with E-state index >= 15 is 0 Å². The van der Waals surface area contributed by atoms with Crippen molar-refractivity contribution in [2.75, 3.05) is 25.1 Å². The molecule has 1 unspecified atom stereocenters. The number of amides is 1. The van der Waals surface area contributed by atoms with Gasteiger partial charge in [0, 0.05) is 31.6 Å². The molecule has 1 saturated heterocycles. The van der Waals surface area contributed by atoms with Crippen molar-refractivity contribution in [1.29, 1.82) is 0 Å². The minimum atomic E-state index is -0.0294. The first-order chi connectivity index (χ1) is 11.8. The number of hydrogen-bond acceptors (Lipinski definition) is 4. The molecular weight excluding hydrogens is 306 g/mol. The smallest absolute Gasteiger partial charge is 0.229 e. The summed E-state index contributed by atoms with van der Waals surface area (Å²) >= 11 is 0. The van der Waals surface area contributed by atoms with Gasteiger partial charge in [-0.15, -0.1) is 0 Å². The molecule has 1 aromatic heterocycles. The molecular formula is C18H21N3O3. The van der Waals surface area contributed by atoms with E-state index in [-0.39, 0.29) is 5.91 Å². The van der Waals surface area contributed by atoms with Crippen LogP contribution in [0.3, 0.4) is 0 Å². The maximum absolute atomic E-state index is 12.4. The minimum absolute atomic E-state index is 0.0294. The van der Waals surface area contributed by atoms with Crippen molar-refractivity contribution >= 4 is 11.7 Å². The van der Waals surface area contributed by atoms with Gasteiger partial charge in [-0.05, 0) is 23.6 Å². The van der Waals surface area contributed by atoms with E-state index in [4.69, 9.17) is 9.47 Å². The predicted molar refractivity (Wildman–Crippen MR) is 89.1 cm³/mol. The summed E-state index contributed by atoms with van der Waals surface area (Å²) in [7, 11) is 0. The minimum Gasteiger partial charge on any atom is -0.493 e. The van der Waals surface area contributed by atoms with Gasteiger partial charge in [-0.2, -0.15) is 5.10 Å². The van der Waals surface area contributed by atoms with Crippen molar-refractivity contribution in [3.63, 3.8) is 0 Å². The zero-order chi connectivity index (χ0) is 16.4. The summed E-state index contributed by atoms with van der Waals surface area (Å²) in [5, 5.41) is 7.29. The molecule has 1 atom stereocenters. The van der Waals surface area contributed by atoms with Crippen LogP contribution in [-0.4, -0.2) is 35.5 Å². The van der Waals surface area contributed by atoms with Crippen molar-refractivity contribution in [2.45, 2.75) is 25.8 Å². The lowest BCUT2D eigenvalue weighted by Gasteiger charge is -2.12. The highest BCUT2D eigenvalue weighted by Crippen LogP contribution is 2.26. The van der Waals surface area contributed by atoms with Gasteiger partial charge in [0.25, 0.3) is 0 Å². The number of anilines is 1. The fraction of sp³-hybridized carbons (Fsp3) is 0.444. The molecule has 3 heterocycles. The van der Waals surface area contributed by atoms with Crippen LogP contribution in [0.25, 0.3) is 0 Å². The van der Waals surface area contributed by atoms with Crippen LogP contribution >= 0.6 is 0 Å². The summed E-state index contributed by atoms with van der Waals surface area (Å²) in [5.74, 6) is 2.13. The van der Waals surface area contributed by atoms with Gasteiger partial charge in [-0.25, -0.2) is 4.68 Å². The Morgan fingerprint density at radius 1 is 1.33 bits per heavy atom. The van der Waals surface area contributed by atoms with Gasteiger partial charge < -0.3 is 14.8 Å². The number of aromatic nitrogens is 2. The Kier molecular flexibility index (Phi) is 4.21. The number of nitrogens with zero attached hydrogens (tertiary/aromatic N) is 2. The number of carbonyl (C=O) groups excluding carboxylic acids is 1.